The summed E-state index contributed by atoms with van der Waals surface area (Å²) in [5.41, 5.74) is 3.59. The van der Waals surface area contributed by atoms with E-state index in [1.54, 1.807) is 0 Å². The lowest BCUT2D eigenvalue weighted by molar-refractivity contribution is 0.231. The van der Waals surface area contributed by atoms with Crippen LogP contribution in [0, 0.1) is 0 Å². The first-order valence-corrected chi connectivity index (χ1v) is 8.23. The van der Waals surface area contributed by atoms with Gasteiger partial charge < -0.3 is 0 Å². The van der Waals surface area contributed by atoms with Gasteiger partial charge in [-0.05, 0) is 29.7 Å². The Hall–Kier alpha value is -2.72. The summed E-state index contributed by atoms with van der Waals surface area (Å²) in [4.78, 5) is 14.3. The van der Waals surface area contributed by atoms with Gasteiger partial charge in [-0.1, -0.05) is 48.5 Å². The topological polar surface area (TPSA) is 38.1 Å². The van der Waals surface area contributed by atoms with Gasteiger partial charge in [-0.25, -0.2) is 0 Å². The fourth-order valence-electron chi connectivity index (χ4n) is 3.22. The first-order chi connectivity index (χ1) is 11.8. The number of rotatable bonds is 3. The third kappa shape index (κ3) is 2.88. The Balaban J connectivity index is 1.55. The number of hydrogen-bond donors (Lipinski definition) is 0. The average molecular weight is 317 g/mol. The number of para-hydroxylation sites is 1. The first kappa shape index (κ1) is 14.8. The van der Waals surface area contributed by atoms with Crippen molar-refractivity contribution in [1.29, 1.82) is 0 Å². The van der Waals surface area contributed by atoms with Crippen LogP contribution >= 0.6 is 0 Å². The van der Waals surface area contributed by atoms with Crippen LogP contribution in [0.1, 0.15) is 12.0 Å². The lowest BCUT2D eigenvalue weighted by Gasteiger charge is -2.27. The first-order valence-electron chi connectivity index (χ1n) is 8.23. The minimum Gasteiger partial charge on any atom is -0.287 e. The normalized spacial score (nSPS) is 15.4. The molecule has 0 aliphatic carbocycles. The summed E-state index contributed by atoms with van der Waals surface area (Å²) in [5.74, 6) is 0. The molecule has 2 aromatic carbocycles. The summed E-state index contributed by atoms with van der Waals surface area (Å²) in [6.45, 7) is 2.58. The van der Waals surface area contributed by atoms with Crippen molar-refractivity contribution in [2.45, 2.75) is 13.1 Å². The fraction of sp³-hybridized carbons (Fsp3) is 0.200. The van der Waals surface area contributed by atoms with Crippen LogP contribution in [-0.4, -0.2) is 27.8 Å². The van der Waals surface area contributed by atoms with Crippen LogP contribution in [0.25, 0.3) is 16.5 Å². The van der Waals surface area contributed by atoms with E-state index in [4.69, 9.17) is 0 Å². The Morgan fingerprint density at radius 2 is 1.79 bits per heavy atom. The monoisotopic (exact) mass is 317 g/mol. The zero-order valence-electron chi connectivity index (χ0n) is 13.4. The quantitative estimate of drug-likeness (QED) is 0.745. The summed E-state index contributed by atoms with van der Waals surface area (Å²) in [5, 5.41) is 5.05. The summed E-state index contributed by atoms with van der Waals surface area (Å²) < 4.78 is 1.91. The maximum Gasteiger partial charge on any atom is 0.207 e. The van der Waals surface area contributed by atoms with Crippen LogP contribution in [0.5, 0.6) is 0 Å². The van der Waals surface area contributed by atoms with Crippen molar-refractivity contribution in [3.63, 3.8) is 0 Å². The van der Waals surface area contributed by atoms with E-state index in [1.165, 1.54) is 17.3 Å². The molecule has 0 bridgehead atoms. The SMILES string of the molecule is O=c1cnn(CN2CC=C(c3ccccc3)CC2)c2ccccc12. The van der Waals surface area contributed by atoms with E-state index in [2.05, 4.69) is 40.3 Å². The van der Waals surface area contributed by atoms with E-state index in [0.717, 1.165) is 30.4 Å². The van der Waals surface area contributed by atoms with Crippen LogP contribution < -0.4 is 5.43 Å². The van der Waals surface area contributed by atoms with Crippen molar-refractivity contribution < 1.29 is 0 Å². The fourth-order valence-corrected chi connectivity index (χ4v) is 3.22. The van der Waals surface area contributed by atoms with Crippen LogP contribution in [0.2, 0.25) is 0 Å². The highest BCUT2D eigenvalue weighted by molar-refractivity contribution is 5.77. The van der Waals surface area contributed by atoms with Crippen molar-refractivity contribution in [3.8, 4) is 0 Å². The number of aromatic nitrogens is 2. The summed E-state index contributed by atoms with van der Waals surface area (Å²) >= 11 is 0. The Bertz CT molecular complexity index is 944. The van der Waals surface area contributed by atoms with E-state index in [1.807, 2.05) is 35.0 Å². The standard InChI is InChI=1S/C20H19N3O/c24-20-14-21-23(19-9-5-4-8-18(19)20)15-22-12-10-17(11-13-22)16-6-2-1-3-7-16/h1-10,14H,11-13,15H2. The molecule has 1 aliphatic heterocycles. The van der Waals surface area contributed by atoms with E-state index in [0.29, 0.717) is 6.67 Å². The second-order valence-electron chi connectivity index (χ2n) is 6.09. The summed E-state index contributed by atoms with van der Waals surface area (Å²) in [6, 6.07) is 18.2. The van der Waals surface area contributed by atoms with Gasteiger partial charge in [0.25, 0.3) is 0 Å². The van der Waals surface area contributed by atoms with E-state index >= 15 is 0 Å². The maximum atomic E-state index is 11.9. The maximum absolute atomic E-state index is 11.9. The van der Waals surface area contributed by atoms with Crippen molar-refractivity contribution >= 4 is 16.5 Å². The zero-order chi connectivity index (χ0) is 16.4. The molecule has 4 rings (SSSR count). The van der Waals surface area contributed by atoms with E-state index < -0.39 is 0 Å². The van der Waals surface area contributed by atoms with Gasteiger partial charge in [-0.2, -0.15) is 5.10 Å². The Morgan fingerprint density at radius 3 is 2.58 bits per heavy atom. The Morgan fingerprint density at radius 1 is 1.00 bits per heavy atom. The molecule has 0 radical (unpaired) electrons. The van der Waals surface area contributed by atoms with Crippen LogP contribution in [0.4, 0.5) is 0 Å². The molecule has 0 saturated heterocycles. The van der Waals surface area contributed by atoms with Gasteiger partial charge in [0.1, 0.15) is 0 Å². The van der Waals surface area contributed by atoms with Gasteiger partial charge in [0.05, 0.1) is 18.4 Å². The summed E-state index contributed by atoms with van der Waals surface area (Å²) in [7, 11) is 0. The van der Waals surface area contributed by atoms with Crippen molar-refractivity contribution in [2.24, 2.45) is 0 Å². The zero-order valence-corrected chi connectivity index (χ0v) is 13.4. The molecule has 3 aromatic rings. The molecule has 0 fully saturated rings. The smallest absolute Gasteiger partial charge is 0.207 e. The second-order valence-corrected chi connectivity index (χ2v) is 6.09. The van der Waals surface area contributed by atoms with Gasteiger partial charge in [-0.15, -0.1) is 0 Å². The molecule has 1 aromatic heterocycles. The highest BCUT2D eigenvalue weighted by Gasteiger charge is 2.14. The Kier molecular flexibility index (Phi) is 3.97. The van der Waals surface area contributed by atoms with E-state index in [9.17, 15) is 4.79 Å². The molecule has 1 aliphatic rings. The highest BCUT2D eigenvalue weighted by Crippen LogP contribution is 2.22. The number of hydrogen-bond acceptors (Lipinski definition) is 3. The number of benzene rings is 2. The number of nitrogens with zero attached hydrogens (tertiary/aromatic N) is 3. The lowest BCUT2D eigenvalue weighted by atomic mass is 10.00. The molecule has 24 heavy (non-hydrogen) atoms. The predicted octanol–water partition coefficient (Wildman–Crippen LogP) is 3.14. The molecule has 0 saturated carbocycles. The largest absolute Gasteiger partial charge is 0.287 e. The van der Waals surface area contributed by atoms with Gasteiger partial charge in [0.15, 0.2) is 0 Å². The van der Waals surface area contributed by atoms with Crippen molar-refractivity contribution in [2.75, 3.05) is 13.1 Å². The predicted molar refractivity (Wildman–Crippen MR) is 96.6 cm³/mol. The van der Waals surface area contributed by atoms with Crippen LogP contribution in [0.3, 0.4) is 0 Å². The molecular weight excluding hydrogens is 298 g/mol. The van der Waals surface area contributed by atoms with E-state index in [-0.39, 0.29) is 5.43 Å². The second kappa shape index (κ2) is 6.42. The highest BCUT2D eigenvalue weighted by atomic mass is 16.1. The molecule has 120 valence electrons. The molecule has 2 heterocycles. The molecule has 0 N–H and O–H groups in total. The van der Waals surface area contributed by atoms with Crippen LogP contribution in [0.15, 0.2) is 71.7 Å². The summed E-state index contributed by atoms with van der Waals surface area (Å²) in [6.07, 6.45) is 4.74. The molecule has 0 amide bonds. The third-order valence-corrected chi connectivity index (χ3v) is 4.53. The Labute approximate surface area is 140 Å². The van der Waals surface area contributed by atoms with Crippen molar-refractivity contribution in [3.05, 3.63) is 82.7 Å². The third-order valence-electron chi connectivity index (χ3n) is 4.53. The average Bonchev–Trinajstić information content (AvgIpc) is 2.66. The molecular formula is C20H19N3O. The minimum absolute atomic E-state index is 0.0215. The van der Waals surface area contributed by atoms with Crippen molar-refractivity contribution in [1.82, 2.24) is 14.7 Å². The van der Waals surface area contributed by atoms with Crippen LogP contribution in [-0.2, 0) is 6.67 Å². The minimum atomic E-state index is -0.0215. The molecule has 0 atom stereocenters. The molecule has 4 nitrogen and oxygen atoms in total. The van der Waals surface area contributed by atoms with Gasteiger partial charge in [0.2, 0.25) is 5.43 Å². The van der Waals surface area contributed by atoms with Gasteiger partial charge in [0, 0.05) is 18.5 Å². The lowest BCUT2D eigenvalue weighted by Crippen LogP contribution is -2.32. The molecule has 0 unspecified atom stereocenters. The molecule has 0 spiro atoms. The molecule has 4 heteroatoms. The van der Waals surface area contributed by atoms with Gasteiger partial charge >= 0.3 is 0 Å². The number of fused-ring (bicyclic) bond motifs is 1. The van der Waals surface area contributed by atoms with Gasteiger partial charge in [-0.3, -0.25) is 14.4 Å².